The monoisotopic (exact) mass is 436 g/mol. The van der Waals surface area contributed by atoms with Crippen LogP contribution in [0.3, 0.4) is 0 Å². The van der Waals surface area contributed by atoms with Crippen LogP contribution < -0.4 is 5.32 Å². The number of nitrogens with one attached hydrogen (secondary N) is 1. The van der Waals surface area contributed by atoms with Gasteiger partial charge in [-0.2, -0.15) is 4.31 Å². The maximum atomic E-state index is 12.9. The Morgan fingerprint density at radius 3 is 2.38 bits per heavy atom. The first kappa shape index (κ1) is 15.9. The van der Waals surface area contributed by atoms with Crippen LogP contribution in [0.5, 0.6) is 0 Å². The van der Waals surface area contributed by atoms with Crippen LogP contribution in [0.2, 0.25) is 0 Å². The molecule has 0 saturated carbocycles. The van der Waals surface area contributed by atoms with Gasteiger partial charge in [0.25, 0.3) is 0 Å². The number of halogens is 2. The minimum absolute atomic E-state index is 0.0873. The van der Waals surface area contributed by atoms with Gasteiger partial charge in [0, 0.05) is 34.1 Å². The van der Waals surface area contributed by atoms with Crippen molar-refractivity contribution >= 4 is 41.9 Å². The summed E-state index contributed by atoms with van der Waals surface area (Å²) < 4.78 is 28.7. The molecule has 2 bridgehead atoms. The summed E-state index contributed by atoms with van der Waals surface area (Å²) in [5.74, 6) is 0. The fourth-order valence-corrected chi connectivity index (χ4v) is 6.44. The van der Waals surface area contributed by atoms with Crippen molar-refractivity contribution in [3.05, 3.63) is 27.1 Å². The van der Waals surface area contributed by atoms with E-state index in [-0.39, 0.29) is 6.04 Å². The molecule has 0 aromatic heterocycles. The Hall–Kier alpha value is 0.0500. The van der Waals surface area contributed by atoms with E-state index in [2.05, 4.69) is 37.2 Å². The van der Waals surface area contributed by atoms with E-state index in [1.54, 1.807) is 29.6 Å². The maximum Gasteiger partial charge on any atom is 0.244 e. The molecule has 21 heavy (non-hydrogen) atoms. The van der Waals surface area contributed by atoms with Gasteiger partial charge >= 0.3 is 0 Å². The van der Waals surface area contributed by atoms with Gasteiger partial charge in [0.05, 0.1) is 4.90 Å². The number of rotatable bonds is 3. The molecule has 7 heteroatoms. The Kier molecular flexibility index (Phi) is 4.49. The topological polar surface area (TPSA) is 49.4 Å². The van der Waals surface area contributed by atoms with Crippen molar-refractivity contribution < 1.29 is 8.42 Å². The number of hydrogen-bond acceptors (Lipinski definition) is 3. The average molecular weight is 438 g/mol. The summed E-state index contributed by atoms with van der Waals surface area (Å²) >= 11 is 6.72. The highest BCUT2D eigenvalue weighted by Gasteiger charge is 2.39. The van der Waals surface area contributed by atoms with Gasteiger partial charge in [-0.3, -0.25) is 0 Å². The number of sulfonamides is 1. The highest BCUT2D eigenvalue weighted by atomic mass is 79.9. The molecule has 0 amide bonds. The van der Waals surface area contributed by atoms with Gasteiger partial charge in [0.2, 0.25) is 10.0 Å². The van der Waals surface area contributed by atoms with Crippen molar-refractivity contribution in [2.24, 2.45) is 0 Å². The van der Waals surface area contributed by atoms with Crippen LogP contribution in [0, 0.1) is 0 Å². The first-order valence-electron chi connectivity index (χ1n) is 7.07. The zero-order valence-electron chi connectivity index (χ0n) is 11.7. The number of benzene rings is 1. The van der Waals surface area contributed by atoms with E-state index in [1.165, 1.54) is 0 Å². The highest BCUT2D eigenvalue weighted by molar-refractivity contribution is 9.11. The summed E-state index contributed by atoms with van der Waals surface area (Å²) in [6.45, 7) is 0. The number of nitrogens with zero attached hydrogens (tertiary/aromatic N) is 1. The van der Waals surface area contributed by atoms with Gasteiger partial charge in [-0.15, -0.1) is 0 Å². The largest absolute Gasteiger partial charge is 0.311 e. The van der Waals surface area contributed by atoms with E-state index < -0.39 is 10.0 Å². The van der Waals surface area contributed by atoms with Gasteiger partial charge in [-0.25, -0.2) is 8.42 Å². The lowest BCUT2D eigenvalue weighted by Crippen LogP contribution is -2.48. The fourth-order valence-electron chi connectivity index (χ4n) is 3.36. The molecule has 116 valence electrons. The smallest absolute Gasteiger partial charge is 0.244 e. The first-order valence-corrected chi connectivity index (χ1v) is 10.1. The van der Waals surface area contributed by atoms with E-state index in [0.29, 0.717) is 21.5 Å². The Morgan fingerprint density at radius 1 is 1.19 bits per heavy atom. The summed E-state index contributed by atoms with van der Waals surface area (Å²) in [5.41, 5.74) is 0. The quantitative estimate of drug-likeness (QED) is 0.790. The normalized spacial score (nSPS) is 29.0. The van der Waals surface area contributed by atoms with Gasteiger partial charge < -0.3 is 5.32 Å². The van der Waals surface area contributed by atoms with Gasteiger partial charge in [0.1, 0.15) is 0 Å². The van der Waals surface area contributed by atoms with E-state index in [0.717, 1.165) is 30.2 Å². The van der Waals surface area contributed by atoms with Crippen LogP contribution in [0.25, 0.3) is 0 Å². The first-order chi connectivity index (χ1) is 9.88. The number of piperidine rings is 1. The number of hydrogen-bond donors (Lipinski definition) is 1. The van der Waals surface area contributed by atoms with Gasteiger partial charge in [-0.1, -0.05) is 15.9 Å². The number of fused-ring (bicyclic) bond motifs is 2. The van der Waals surface area contributed by atoms with E-state index in [9.17, 15) is 8.42 Å². The molecule has 1 aromatic rings. The summed E-state index contributed by atoms with van der Waals surface area (Å²) in [7, 11) is -1.76. The van der Waals surface area contributed by atoms with Crippen molar-refractivity contribution in [1.82, 2.24) is 9.62 Å². The second-order valence-corrected chi connectivity index (χ2v) is 9.60. The molecule has 1 N–H and O–H groups in total. The predicted octanol–water partition coefficient (Wildman–Crippen LogP) is 3.12. The van der Waals surface area contributed by atoms with Crippen LogP contribution in [-0.2, 0) is 10.0 Å². The lowest BCUT2D eigenvalue weighted by Gasteiger charge is -2.35. The Labute approximate surface area is 142 Å². The van der Waals surface area contributed by atoms with Crippen LogP contribution in [0.1, 0.15) is 25.7 Å². The molecule has 1 aromatic carbocycles. The van der Waals surface area contributed by atoms with Crippen molar-refractivity contribution in [2.45, 2.75) is 48.7 Å². The molecule has 2 atom stereocenters. The van der Waals surface area contributed by atoms with E-state index in [1.807, 2.05) is 0 Å². The van der Waals surface area contributed by atoms with E-state index in [4.69, 9.17) is 0 Å². The fraction of sp³-hybridized carbons (Fsp3) is 0.571. The van der Waals surface area contributed by atoms with Crippen LogP contribution >= 0.6 is 31.9 Å². The summed E-state index contributed by atoms with van der Waals surface area (Å²) in [5, 5.41) is 3.55. The Bertz CT molecular complexity index is 638. The molecule has 2 fully saturated rings. The predicted molar refractivity (Wildman–Crippen MR) is 89.8 cm³/mol. The van der Waals surface area contributed by atoms with Crippen molar-refractivity contribution in [2.75, 3.05) is 7.05 Å². The summed E-state index contributed by atoms with van der Waals surface area (Å²) in [6.07, 6.45) is 4.13. The van der Waals surface area contributed by atoms with E-state index >= 15 is 0 Å². The molecular weight excluding hydrogens is 420 g/mol. The summed E-state index contributed by atoms with van der Waals surface area (Å²) in [4.78, 5) is 0.332. The average Bonchev–Trinajstić information content (AvgIpc) is 2.76. The second kappa shape index (κ2) is 5.92. The molecular formula is C14H18Br2N2O2S. The van der Waals surface area contributed by atoms with Crippen molar-refractivity contribution in [3.63, 3.8) is 0 Å². The minimum atomic E-state index is -3.47. The maximum absolute atomic E-state index is 12.9. The van der Waals surface area contributed by atoms with Gasteiger partial charge in [-0.05, 0) is 59.8 Å². The SMILES string of the molecule is CN(C1CC2CCC(C1)N2)S(=O)(=O)c1ccc(Br)cc1Br. The van der Waals surface area contributed by atoms with Crippen molar-refractivity contribution in [3.8, 4) is 0 Å². The molecule has 0 spiro atoms. The molecule has 0 aliphatic carbocycles. The molecule has 2 aliphatic rings. The third kappa shape index (κ3) is 3.08. The van der Waals surface area contributed by atoms with Gasteiger partial charge in [0.15, 0.2) is 0 Å². The molecule has 3 rings (SSSR count). The highest BCUT2D eigenvalue weighted by Crippen LogP contribution is 2.33. The minimum Gasteiger partial charge on any atom is -0.311 e. The molecule has 2 unspecified atom stereocenters. The molecule has 2 saturated heterocycles. The molecule has 4 nitrogen and oxygen atoms in total. The van der Waals surface area contributed by atoms with Crippen molar-refractivity contribution in [1.29, 1.82) is 0 Å². The standard InChI is InChI=1S/C14H18Br2N2O2S/c1-18(12-7-10-3-4-11(8-12)17-10)21(19,20)14-5-2-9(15)6-13(14)16/h2,5-6,10-12,17H,3-4,7-8H2,1H3. The third-order valence-electron chi connectivity index (χ3n) is 4.51. The lowest BCUT2D eigenvalue weighted by atomic mass is 10.0. The zero-order valence-corrected chi connectivity index (χ0v) is 15.7. The lowest BCUT2D eigenvalue weighted by molar-refractivity contribution is 0.251. The summed E-state index contributed by atoms with van der Waals surface area (Å²) in [6, 6.07) is 6.21. The third-order valence-corrected chi connectivity index (χ3v) is 7.89. The molecule has 2 heterocycles. The molecule has 2 aliphatic heterocycles. The molecule has 0 radical (unpaired) electrons. The van der Waals surface area contributed by atoms with Crippen LogP contribution in [-0.4, -0.2) is 37.9 Å². The Balaban J connectivity index is 1.87. The van der Waals surface area contributed by atoms with Crippen LogP contribution in [0.15, 0.2) is 32.0 Å². The zero-order chi connectivity index (χ0) is 15.2. The Morgan fingerprint density at radius 2 is 1.81 bits per heavy atom. The van der Waals surface area contributed by atoms with Crippen LogP contribution in [0.4, 0.5) is 0 Å². The second-order valence-electron chi connectivity index (χ2n) is 5.86.